The zero-order chi connectivity index (χ0) is 17.1. The van der Waals surface area contributed by atoms with Crippen molar-refractivity contribution in [1.82, 2.24) is 0 Å². The maximum atomic E-state index is 5.19. The van der Waals surface area contributed by atoms with Gasteiger partial charge in [0.1, 0.15) is 5.75 Å². The summed E-state index contributed by atoms with van der Waals surface area (Å²) in [5.41, 5.74) is 3.21. The quantitative estimate of drug-likeness (QED) is 0.408. The second kappa shape index (κ2) is 6.84. The maximum absolute atomic E-state index is 5.19. The monoisotopic (exact) mass is 340 g/mol. The molecule has 0 fully saturated rings. The van der Waals surface area contributed by atoms with Gasteiger partial charge in [0.2, 0.25) is 0 Å². The fraction of sp³-hybridized carbons (Fsp3) is 0.0435. The normalized spacial score (nSPS) is 10.3. The molecule has 1 aromatic heterocycles. The van der Waals surface area contributed by atoms with E-state index in [9.17, 15) is 0 Å². The molecule has 1 nitrogen and oxygen atoms in total. The Balaban J connectivity index is 1.73. The van der Waals surface area contributed by atoms with Crippen LogP contribution in [0, 0.1) is 11.8 Å². The number of benzene rings is 3. The number of hydrogen-bond donors (Lipinski definition) is 0. The number of fused-ring (bicyclic) bond motifs is 1. The van der Waals surface area contributed by atoms with Crippen LogP contribution >= 0.6 is 11.3 Å². The Hall–Kier alpha value is -3.02. The van der Waals surface area contributed by atoms with Gasteiger partial charge in [0.05, 0.1) is 7.11 Å². The van der Waals surface area contributed by atoms with Gasteiger partial charge in [0, 0.05) is 26.3 Å². The van der Waals surface area contributed by atoms with Gasteiger partial charge in [-0.3, -0.25) is 0 Å². The molecule has 0 saturated carbocycles. The van der Waals surface area contributed by atoms with Crippen LogP contribution in [-0.4, -0.2) is 7.11 Å². The van der Waals surface area contributed by atoms with Gasteiger partial charge in [-0.05, 0) is 47.9 Å². The van der Waals surface area contributed by atoms with Gasteiger partial charge in [-0.1, -0.05) is 48.2 Å². The van der Waals surface area contributed by atoms with Crippen LogP contribution in [0.15, 0.2) is 78.9 Å². The second-order valence-electron chi connectivity index (χ2n) is 5.67. The van der Waals surface area contributed by atoms with E-state index in [-0.39, 0.29) is 0 Å². The van der Waals surface area contributed by atoms with E-state index in [2.05, 4.69) is 60.4 Å². The number of hydrogen-bond acceptors (Lipinski definition) is 2. The van der Waals surface area contributed by atoms with Crippen molar-refractivity contribution in [1.29, 1.82) is 0 Å². The summed E-state index contributed by atoms with van der Waals surface area (Å²) < 4.78 is 6.49. The van der Waals surface area contributed by atoms with Crippen LogP contribution in [0.25, 0.3) is 20.5 Å². The molecule has 0 aliphatic rings. The molecule has 0 radical (unpaired) electrons. The van der Waals surface area contributed by atoms with Crippen molar-refractivity contribution in [2.45, 2.75) is 0 Å². The Morgan fingerprint density at radius 1 is 0.800 bits per heavy atom. The smallest absolute Gasteiger partial charge is 0.118 e. The highest BCUT2D eigenvalue weighted by atomic mass is 32.1. The van der Waals surface area contributed by atoms with Crippen LogP contribution in [0.3, 0.4) is 0 Å². The molecule has 4 rings (SSSR count). The minimum absolute atomic E-state index is 0.844. The highest BCUT2D eigenvalue weighted by Crippen LogP contribution is 2.34. The molecular weight excluding hydrogens is 324 g/mol. The molecular formula is C23H16OS. The van der Waals surface area contributed by atoms with E-state index in [0.29, 0.717) is 0 Å². The molecule has 0 aliphatic carbocycles. The average molecular weight is 340 g/mol. The predicted octanol–water partition coefficient (Wildman–Crippen LogP) is 5.98. The van der Waals surface area contributed by atoms with Crippen LogP contribution in [0.2, 0.25) is 0 Å². The summed E-state index contributed by atoms with van der Waals surface area (Å²) in [5.74, 6) is 7.42. The maximum Gasteiger partial charge on any atom is 0.118 e. The molecule has 0 saturated heterocycles. The van der Waals surface area contributed by atoms with Crippen molar-refractivity contribution in [2.75, 3.05) is 7.11 Å². The summed E-state index contributed by atoms with van der Waals surface area (Å²) in [6, 6.07) is 26.9. The lowest BCUT2D eigenvalue weighted by molar-refractivity contribution is 0.415. The molecule has 0 aliphatic heterocycles. The van der Waals surface area contributed by atoms with Crippen molar-refractivity contribution in [3.8, 4) is 28.0 Å². The molecule has 0 bridgehead atoms. The number of rotatable bonds is 2. The van der Waals surface area contributed by atoms with Gasteiger partial charge in [0.25, 0.3) is 0 Å². The van der Waals surface area contributed by atoms with Gasteiger partial charge < -0.3 is 4.74 Å². The first-order chi connectivity index (χ1) is 12.3. The average Bonchev–Trinajstić information content (AvgIpc) is 3.11. The van der Waals surface area contributed by atoms with Crippen molar-refractivity contribution >= 4 is 21.4 Å². The summed E-state index contributed by atoms with van der Waals surface area (Å²) >= 11 is 1.81. The van der Waals surface area contributed by atoms with Gasteiger partial charge in [-0.25, -0.2) is 0 Å². The molecule has 4 aromatic rings. The topological polar surface area (TPSA) is 9.23 Å². The first-order valence-electron chi connectivity index (χ1n) is 8.07. The van der Waals surface area contributed by atoms with E-state index in [4.69, 9.17) is 4.74 Å². The molecule has 1 heterocycles. The van der Waals surface area contributed by atoms with E-state index in [1.54, 1.807) is 18.4 Å². The standard InChI is InChI=1S/C23H16OS/c1-24-20-14-11-17(12-15-20)10-13-18-6-2-4-8-21(18)23-16-19-7-3-5-9-22(19)25-23/h2-9,11-12,14-16H,1H3. The summed E-state index contributed by atoms with van der Waals surface area (Å²) in [5, 5.41) is 1.28. The van der Waals surface area contributed by atoms with Crippen molar-refractivity contribution in [2.24, 2.45) is 0 Å². The molecule has 0 spiro atoms. The van der Waals surface area contributed by atoms with Crippen LogP contribution in [0.5, 0.6) is 5.75 Å². The van der Waals surface area contributed by atoms with Crippen LogP contribution in [-0.2, 0) is 0 Å². The van der Waals surface area contributed by atoms with Gasteiger partial charge in [-0.2, -0.15) is 0 Å². The number of thiophene rings is 1. The molecule has 0 unspecified atom stereocenters. The fourth-order valence-electron chi connectivity index (χ4n) is 2.74. The minimum atomic E-state index is 0.844. The van der Waals surface area contributed by atoms with Gasteiger partial charge >= 0.3 is 0 Å². The predicted molar refractivity (Wildman–Crippen MR) is 106 cm³/mol. The second-order valence-corrected chi connectivity index (χ2v) is 6.76. The Bertz CT molecular complexity index is 1050. The lowest BCUT2D eigenvalue weighted by Crippen LogP contribution is -1.83. The van der Waals surface area contributed by atoms with E-state index in [0.717, 1.165) is 16.9 Å². The van der Waals surface area contributed by atoms with Crippen LogP contribution in [0.1, 0.15) is 11.1 Å². The Kier molecular flexibility index (Phi) is 4.24. The Labute approximate surface area is 151 Å². The third-order valence-corrected chi connectivity index (χ3v) is 5.20. The molecule has 120 valence electrons. The van der Waals surface area contributed by atoms with Gasteiger partial charge in [0.15, 0.2) is 0 Å². The van der Waals surface area contributed by atoms with E-state index < -0.39 is 0 Å². The Morgan fingerprint density at radius 3 is 2.36 bits per heavy atom. The Morgan fingerprint density at radius 2 is 1.56 bits per heavy atom. The SMILES string of the molecule is COc1ccc(C#Cc2ccccc2-c2cc3ccccc3s2)cc1. The summed E-state index contributed by atoms with van der Waals surface area (Å²) in [4.78, 5) is 1.25. The largest absolute Gasteiger partial charge is 0.497 e. The van der Waals surface area contributed by atoms with Gasteiger partial charge in [-0.15, -0.1) is 11.3 Å². The van der Waals surface area contributed by atoms with Crippen LogP contribution in [0.4, 0.5) is 0 Å². The number of methoxy groups -OCH3 is 1. The zero-order valence-electron chi connectivity index (χ0n) is 13.8. The first-order valence-corrected chi connectivity index (χ1v) is 8.89. The molecule has 0 atom stereocenters. The first kappa shape index (κ1) is 15.5. The molecule has 3 aromatic carbocycles. The molecule has 0 N–H and O–H groups in total. The third-order valence-electron chi connectivity index (χ3n) is 4.05. The summed E-state index contributed by atoms with van der Waals surface area (Å²) in [6.07, 6.45) is 0. The summed E-state index contributed by atoms with van der Waals surface area (Å²) in [6.45, 7) is 0. The van der Waals surface area contributed by atoms with E-state index >= 15 is 0 Å². The highest BCUT2D eigenvalue weighted by molar-refractivity contribution is 7.22. The van der Waals surface area contributed by atoms with Crippen molar-refractivity contribution < 1.29 is 4.74 Å². The van der Waals surface area contributed by atoms with E-state index in [1.165, 1.54) is 20.5 Å². The molecule has 25 heavy (non-hydrogen) atoms. The third kappa shape index (κ3) is 3.28. The number of ether oxygens (including phenoxy) is 1. The summed E-state index contributed by atoms with van der Waals surface area (Å²) in [7, 11) is 1.67. The van der Waals surface area contributed by atoms with Crippen molar-refractivity contribution in [3.63, 3.8) is 0 Å². The highest BCUT2D eigenvalue weighted by Gasteiger charge is 2.07. The van der Waals surface area contributed by atoms with Crippen molar-refractivity contribution in [3.05, 3.63) is 90.0 Å². The van der Waals surface area contributed by atoms with E-state index in [1.807, 2.05) is 30.3 Å². The fourth-order valence-corrected chi connectivity index (χ4v) is 3.84. The molecule has 0 amide bonds. The minimum Gasteiger partial charge on any atom is -0.497 e. The zero-order valence-corrected chi connectivity index (χ0v) is 14.6. The molecule has 2 heteroatoms. The lowest BCUT2D eigenvalue weighted by Gasteiger charge is -2.01. The lowest BCUT2D eigenvalue weighted by atomic mass is 10.1. The van der Waals surface area contributed by atoms with Crippen LogP contribution < -0.4 is 4.74 Å².